The maximum Gasteiger partial charge on any atom is -0.0328 e. The van der Waals surface area contributed by atoms with Crippen molar-refractivity contribution in [1.29, 1.82) is 0 Å². The van der Waals surface area contributed by atoms with E-state index in [0.717, 1.165) is 0 Å². The third kappa shape index (κ3) is 4.57. The molecule has 0 unspecified atom stereocenters. The standard InChI is InChI=1S/C15H30/c1-5-15(4)12-8-6-10-14(2,3)11-7-9-13-15/h5-13H2,1-4H3. The predicted molar refractivity (Wildman–Crippen MR) is 69.1 cm³/mol. The molecule has 0 aliphatic heterocycles. The van der Waals surface area contributed by atoms with Gasteiger partial charge >= 0.3 is 0 Å². The highest BCUT2D eigenvalue weighted by Crippen LogP contribution is 2.38. The molecule has 1 saturated carbocycles. The number of hydrogen-bond acceptors (Lipinski definition) is 0. The van der Waals surface area contributed by atoms with Crippen molar-refractivity contribution in [3.8, 4) is 0 Å². The zero-order chi connectivity index (χ0) is 11.4. The van der Waals surface area contributed by atoms with Gasteiger partial charge in [0.15, 0.2) is 0 Å². The summed E-state index contributed by atoms with van der Waals surface area (Å²) in [7, 11) is 0. The highest BCUT2D eigenvalue weighted by Gasteiger charge is 2.24. The Morgan fingerprint density at radius 3 is 1.53 bits per heavy atom. The first-order valence-corrected chi connectivity index (χ1v) is 6.97. The molecule has 0 nitrogen and oxygen atoms in total. The Balaban J connectivity index is 2.46. The minimum absolute atomic E-state index is 0.611. The van der Waals surface area contributed by atoms with Crippen LogP contribution in [0.4, 0.5) is 0 Å². The van der Waals surface area contributed by atoms with Gasteiger partial charge in [-0.3, -0.25) is 0 Å². The molecule has 0 aromatic rings. The molecule has 0 heteroatoms. The van der Waals surface area contributed by atoms with Gasteiger partial charge in [0.1, 0.15) is 0 Å². The van der Waals surface area contributed by atoms with E-state index in [2.05, 4.69) is 27.7 Å². The summed E-state index contributed by atoms with van der Waals surface area (Å²) in [6, 6.07) is 0. The van der Waals surface area contributed by atoms with Crippen LogP contribution in [-0.4, -0.2) is 0 Å². The molecular weight excluding hydrogens is 180 g/mol. The quantitative estimate of drug-likeness (QED) is 0.531. The molecule has 0 aromatic carbocycles. The molecule has 1 fully saturated rings. The van der Waals surface area contributed by atoms with Crippen LogP contribution in [0, 0.1) is 10.8 Å². The molecule has 90 valence electrons. The lowest BCUT2D eigenvalue weighted by molar-refractivity contribution is 0.203. The van der Waals surface area contributed by atoms with Gasteiger partial charge in [-0.2, -0.15) is 0 Å². The van der Waals surface area contributed by atoms with Crippen molar-refractivity contribution in [1.82, 2.24) is 0 Å². The molecule has 0 saturated heterocycles. The fraction of sp³-hybridized carbons (Fsp3) is 1.00. The third-order valence-electron chi connectivity index (χ3n) is 4.62. The van der Waals surface area contributed by atoms with E-state index in [0.29, 0.717) is 10.8 Å². The molecule has 0 N–H and O–H groups in total. The van der Waals surface area contributed by atoms with Gasteiger partial charge in [-0.05, 0) is 36.5 Å². The predicted octanol–water partition coefficient (Wildman–Crippen LogP) is 5.56. The van der Waals surface area contributed by atoms with Gasteiger partial charge in [-0.25, -0.2) is 0 Å². The first-order chi connectivity index (χ1) is 6.97. The van der Waals surface area contributed by atoms with E-state index in [1.807, 2.05) is 0 Å². The fourth-order valence-corrected chi connectivity index (χ4v) is 2.91. The molecule has 0 radical (unpaired) electrons. The van der Waals surface area contributed by atoms with Crippen LogP contribution >= 0.6 is 0 Å². The van der Waals surface area contributed by atoms with E-state index < -0.39 is 0 Å². The van der Waals surface area contributed by atoms with Crippen LogP contribution in [0.1, 0.15) is 85.5 Å². The van der Waals surface area contributed by atoms with Crippen LogP contribution < -0.4 is 0 Å². The van der Waals surface area contributed by atoms with Gasteiger partial charge in [0.05, 0.1) is 0 Å². The Morgan fingerprint density at radius 2 is 1.13 bits per heavy atom. The second-order valence-electron chi connectivity index (χ2n) is 6.74. The van der Waals surface area contributed by atoms with Gasteiger partial charge < -0.3 is 0 Å². The van der Waals surface area contributed by atoms with Gasteiger partial charge in [0.25, 0.3) is 0 Å². The molecule has 0 heterocycles. The first-order valence-electron chi connectivity index (χ1n) is 6.97. The highest BCUT2D eigenvalue weighted by atomic mass is 14.3. The van der Waals surface area contributed by atoms with Crippen molar-refractivity contribution in [2.45, 2.75) is 85.5 Å². The molecule has 0 aromatic heterocycles. The average molecular weight is 210 g/mol. The van der Waals surface area contributed by atoms with Crippen LogP contribution in [0.15, 0.2) is 0 Å². The minimum atomic E-state index is 0.611. The van der Waals surface area contributed by atoms with Crippen molar-refractivity contribution in [3.63, 3.8) is 0 Å². The maximum absolute atomic E-state index is 2.50. The molecule has 0 spiro atoms. The molecule has 0 bridgehead atoms. The van der Waals surface area contributed by atoms with Gasteiger partial charge in [0, 0.05) is 0 Å². The van der Waals surface area contributed by atoms with E-state index in [4.69, 9.17) is 0 Å². The van der Waals surface area contributed by atoms with Gasteiger partial charge in [0.2, 0.25) is 0 Å². The Morgan fingerprint density at radius 1 is 0.733 bits per heavy atom. The topological polar surface area (TPSA) is 0 Å². The first kappa shape index (κ1) is 13.1. The van der Waals surface area contributed by atoms with Crippen molar-refractivity contribution in [2.75, 3.05) is 0 Å². The molecule has 1 aliphatic carbocycles. The molecule has 1 aliphatic rings. The Hall–Kier alpha value is 0. The smallest absolute Gasteiger partial charge is 0.0328 e. The Bertz CT molecular complexity index is 164. The van der Waals surface area contributed by atoms with Crippen LogP contribution in [0.2, 0.25) is 0 Å². The molecular formula is C15H30. The van der Waals surface area contributed by atoms with Crippen molar-refractivity contribution >= 4 is 0 Å². The van der Waals surface area contributed by atoms with Crippen LogP contribution in [0.25, 0.3) is 0 Å². The van der Waals surface area contributed by atoms with Crippen LogP contribution in [-0.2, 0) is 0 Å². The molecule has 0 amide bonds. The summed E-state index contributed by atoms with van der Waals surface area (Å²) < 4.78 is 0. The summed E-state index contributed by atoms with van der Waals surface area (Å²) in [6.45, 7) is 9.77. The summed E-state index contributed by atoms with van der Waals surface area (Å²) in [6.07, 6.45) is 13.0. The van der Waals surface area contributed by atoms with Gasteiger partial charge in [-0.1, -0.05) is 59.8 Å². The van der Waals surface area contributed by atoms with Crippen molar-refractivity contribution < 1.29 is 0 Å². The van der Waals surface area contributed by atoms with Gasteiger partial charge in [-0.15, -0.1) is 0 Å². The van der Waals surface area contributed by atoms with Crippen molar-refractivity contribution in [3.05, 3.63) is 0 Å². The summed E-state index contributed by atoms with van der Waals surface area (Å²) in [5.74, 6) is 0. The van der Waals surface area contributed by atoms with E-state index in [9.17, 15) is 0 Å². The zero-order valence-electron chi connectivity index (χ0n) is 11.4. The maximum atomic E-state index is 2.50. The van der Waals surface area contributed by atoms with Crippen LogP contribution in [0.5, 0.6) is 0 Å². The largest absolute Gasteiger partial charge is 0.0649 e. The SMILES string of the molecule is CCC1(C)CCCCC(C)(C)CCCC1. The lowest BCUT2D eigenvalue weighted by Gasteiger charge is -2.32. The fourth-order valence-electron chi connectivity index (χ4n) is 2.91. The second-order valence-corrected chi connectivity index (χ2v) is 6.74. The Kier molecular flexibility index (Phi) is 4.67. The molecule has 1 rings (SSSR count). The highest BCUT2D eigenvalue weighted by molar-refractivity contribution is 4.77. The minimum Gasteiger partial charge on any atom is -0.0649 e. The summed E-state index contributed by atoms with van der Waals surface area (Å²) in [4.78, 5) is 0. The van der Waals surface area contributed by atoms with E-state index >= 15 is 0 Å². The molecule has 15 heavy (non-hydrogen) atoms. The summed E-state index contributed by atoms with van der Waals surface area (Å²) in [5, 5.41) is 0. The van der Waals surface area contributed by atoms with Crippen molar-refractivity contribution in [2.24, 2.45) is 10.8 Å². The molecule has 0 atom stereocenters. The summed E-state index contributed by atoms with van der Waals surface area (Å²) >= 11 is 0. The monoisotopic (exact) mass is 210 g/mol. The second kappa shape index (κ2) is 5.37. The summed E-state index contributed by atoms with van der Waals surface area (Å²) in [5.41, 5.74) is 1.27. The lowest BCUT2D eigenvalue weighted by Crippen LogP contribution is -2.18. The normalized spacial score (nSPS) is 27.2. The average Bonchev–Trinajstić information content (AvgIpc) is 2.19. The number of rotatable bonds is 1. The zero-order valence-corrected chi connectivity index (χ0v) is 11.4. The number of hydrogen-bond donors (Lipinski definition) is 0. The lowest BCUT2D eigenvalue weighted by atomic mass is 9.73. The van der Waals surface area contributed by atoms with E-state index in [1.54, 1.807) is 0 Å². The van der Waals surface area contributed by atoms with E-state index in [1.165, 1.54) is 57.8 Å². The van der Waals surface area contributed by atoms with E-state index in [-0.39, 0.29) is 0 Å². The third-order valence-corrected chi connectivity index (χ3v) is 4.62. The Labute approximate surface area is 96.8 Å². The van der Waals surface area contributed by atoms with Crippen LogP contribution in [0.3, 0.4) is 0 Å².